The summed E-state index contributed by atoms with van der Waals surface area (Å²) in [5.74, 6) is -0.481. The normalized spacial score (nSPS) is 21.0. The number of nitrogens with zero attached hydrogens (tertiary/aromatic N) is 1. The highest BCUT2D eigenvalue weighted by Crippen LogP contribution is 2.21. The number of hydrogen-bond donors (Lipinski definition) is 1. The number of aliphatic carboxylic acids is 1. The molecule has 0 aromatic heterocycles. The van der Waals surface area contributed by atoms with Crippen molar-refractivity contribution in [3.05, 3.63) is 0 Å². The molecule has 1 rings (SSSR count). The van der Waals surface area contributed by atoms with Crippen LogP contribution in [-0.2, 0) is 14.3 Å². The first-order valence-corrected chi connectivity index (χ1v) is 5.12. The number of ether oxygens (including phenoxy) is 1. The van der Waals surface area contributed by atoms with Crippen LogP contribution in [0.15, 0.2) is 0 Å². The van der Waals surface area contributed by atoms with E-state index < -0.39 is 5.97 Å². The minimum absolute atomic E-state index is 0.113. The molecule has 0 aromatic rings. The molecule has 5 nitrogen and oxygen atoms in total. The lowest BCUT2D eigenvalue weighted by atomic mass is 10.0. The Morgan fingerprint density at radius 3 is 3.00 bits per heavy atom. The van der Waals surface area contributed by atoms with E-state index in [4.69, 9.17) is 9.84 Å². The average Bonchev–Trinajstić information content (AvgIpc) is 2.53. The van der Waals surface area contributed by atoms with Crippen molar-refractivity contribution >= 4 is 11.9 Å². The highest BCUT2D eigenvalue weighted by atomic mass is 16.5. The van der Waals surface area contributed by atoms with Gasteiger partial charge in [-0.15, -0.1) is 0 Å². The van der Waals surface area contributed by atoms with Crippen LogP contribution >= 0.6 is 0 Å². The highest BCUT2D eigenvalue weighted by Gasteiger charge is 2.29. The molecule has 86 valence electrons. The van der Waals surface area contributed by atoms with Crippen LogP contribution in [0.5, 0.6) is 0 Å². The van der Waals surface area contributed by atoms with E-state index in [1.165, 1.54) is 0 Å². The summed E-state index contributed by atoms with van der Waals surface area (Å²) in [6.45, 7) is 1.83. The first-order valence-electron chi connectivity index (χ1n) is 5.12. The molecule has 15 heavy (non-hydrogen) atoms. The van der Waals surface area contributed by atoms with Crippen LogP contribution in [0.4, 0.5) is 0 Å². The molecule has 0 spiro atoms. The number of carbonyl (C=O) groups excluding carboxylic acids is 1. The first kappa shape index (κ1) is 12.0. The number of hydrogen-bond acceptors (Lipinski definition) is 3. The van der Waals surface area contributed by atoms with Gasteiger partial charge in [-0.05, 0) is 12.3 Å². The third-order valence-corrected chi connectivity index (χ3v) is 2.63. The predicted octanol–water partition coefficient (Wildman–Crippen LogP) is 0.346. The van der Waals surface area contributed by atoms with E-state index in [1.807, 2.05) is 0 Å². The number of amides is 1. The Morgan fingerprint density at radius 1 is 1.67 bits per heavy atom. The van der Waals surface area contributed by atoms with Gasteiger partial charge in [0.1, 0.15) is 0 Å². The highest BCUT2D eigenvalue weighted by molar-refractivity contribution is 5.78. The van der Waals surface area contributed by atoms with Crippen molar-refractivity contribution in [2.45, 2.75) is 19.3 Å². The van der Waals surface area contributed by atoms with Gasteiger partial charge in [0.15, 0.2) is 0 Å². The number of carboxylic acid groups (broad SMARTS) is 1. The van der Waals surface area contributed by atoms with Gasteiger partial charge in [0.2, 0.25) is 5.91 Å². The fraction of sp³-hybridized carbons (Fsp3) is 0.800. The van der Waals surface area contributed by atoms with Gasteiger partial charge >= 0.3 is 5.97 Å². The zero-order chi connectivity index (χ0) is 11.3. The second kappa shape index (κ2) is 5.70. The fourth-order valence-electron chi connectivity index (χ4n) is 1.79. The third-order valence-electron chi connectivity index (χ3n) is 2.63. The lowest BCUT2D eigenvalue weighted by Gasteiger charge is -2.15. The van der Waals surface area contributed by atoms with Crippen molar-refractivity contribution in [3.63, 3.8) is 0 Å². The maximum absolute atomic E-state index is 11.5. The van der Waals surface area contributed by atoms with Crippen LogP contribution in [0.1, 0.15) is 19.3 Å². The van der Waals surface area contributed by atoms with Gasteiger partial charge in [0.25, 0.3) is 0 Å². The standard InChI is InChI=1S/C10H17NO4/c1-15-5-4-11-7-8(6-9(11)12)2-3-10(13)14/h8H,2-7H2,1H3,(H,13,14). The second-order valence-corrected chi connectivity index (χ2v) is 3.84. The first-order chi connectivity index (χ1) is 7.13. The van der Waals surface area contributed by atoms with E-state index >= 15 is 0 Å². The Kier molecular flexibility index (Phi) is 4.55. The van der Waals surface area contributed by atoms with Crippen molar-refractivity contribution in [1.82, 2.24) is 4.90 Å². The Morgan fingerprint density at radius 2 is 2.40 bits per heavy atom. The Labute approximate surface area is 89.0 Å². The zero-order valence-electron chi connectivity index (χ0n) is 8.94. The second-order valence-electron chi connectivity index (χ2n) is 3.84. The van der Waals surface area contributed by atoms with Crippen molar-refractivity contribution in [1.29, 1.82) is 0 Å². The molecule has 1 aliphatic heterocycles. The van der Waals surface area contributed by atoms with Gasteiger partial charge in [-0.2, -0.15) is 0 Å². The van der Waals surface area contributed by atoms with Gasteiger partial charge in [0.05, 0.1) is 6.61 Å². The van der Waals surface area contributed by atoms with Crippen molar-refractivity contribution in [3.8, 4) is 0 Å². The van der Waals surface area contributed by atoms with Gasteiger partial charge in [-0.1, -0.05) is 0 Å². The van der Waals surface area contributed by atoms with Crippen molar-refractivity contribution in [2.75, 3.05) is 26.8 Å². The van der Waals surface area contributed by atoms with Crippen LogP contribution in [0, 0.1) is 5.92 Å². The minimum atomic E-state index is -0.794. The number of rotatable bonds is 6. The monoisotopic (exact) mass is 215 g/mol. The molecule has 0 bridgehead atoms. The van der Waals surface area contributed by atoms with Crippen LogP contribution in [0.25, 0.3) is 0 Å². The number of likely N-dealkylation sites (tertiary alicyclic amines) is 1. The van der Waals surface area contributed by atoms with E-state index in [2.05, 4.69) is 0 Å². The van der Waals surface area contributed by atoms with E-state index in [0.29, 0.717) is 32.5 Å². The van der Waals surface area contributed by atoms with Crippen molar-refractivity contribution in [2.24, 2.45) is 5.92 Å². The Balaban J connectivity index is 2.28. The largest absolute Gasteiger partial charge is 0.481 e. The lowest BCUT2D eigenvalue weighted by molar-refractivity contribution is -0.137. The molecule has 1 saturated heterocycles. The number of carbonyl (C=O) groups is 2. The molecule has 5 heteroatoms. The topological polar surface area (TPSA) is 66.8 Å². The molecule has 1 fully saturated rings. The molecule has 1 unspecified atom stereocenters. The molecule has 1 N–H and O–H groups in total. The van der Waals surface area contributed by atoms with Crippen LogP contribution in [-0.4, -0.2) is 48.7 Å². The quantitative estimate of drug-likeness (QED) is 0.694. The summed E-state index contributed by atoms with van der Waals surface area (Å²) < 4.78 is 4.90. The summed E-state index contributed by atoms with van der Waals surface area (Å²) in [6.07, 6.45) is 1.22. The van der Waals surface area contributed by atoms with Gasteiger partial charge in [0, 0.05) is 33.0 Å². The van der Waals surface area contributed by atoms with Crippen LogP contribution in [0.3, 0.4) is 0 Å². The van der Waals surface area contributed by atoms with Gasteiger partial charge < -0.3 is 14.7 Å². The third kappa shape index (κ3) is 3.87. The van der Waals surface area contributed by atoms with Crippen LogP contribution < -0.4 is 0 Å². The van der Waals surface area contributed by atoms with E-state index in [1.54, 1.807) is 12.0 Å². The predicted molar refractivity (Wildman–Crippen MR) is 53.4 cm³/mol. The average molecular weight is 215 g/mol. The molecule has 0 saturated carbocycles. The van der Waals surface area contributed by atoms with Crippen molar-refractivity contribution < 1.29 is 19.4 Å². The Bertz CT molecular complexity index is 242. The molecule has 0 aromatic carbocycles. The molecule has 1 aliphatic rings. The summed E-state index contributed by atoms with van der Waals surface area (Å²) in [7, 11) is 1.60. The SMILES string of the molecule is COCCN1CC(CCC(=O)O)CC1=O. The van der Waals surface area contributed by atoms with Gasteiger partial charge in [-0.3, -0.25) is 9.59 Å². The van der Waals surface area contributed by atoms with Crippen LogP contribution in [0.2, 0.25) is 0 Å². The number of methoxy groups -OCH3 is 1. The maximum Gasteiger partial charge on any atom is 0.303 e. The lowest BCUT2D eigenvalue weighted by Crippen LogP contribution is -2.28. The van der Waals surface area contributed by atoms with E-state index in [-0.39, 0.29) is 18.2 Å². The summed E-state index contributed by atoms with van der Waals surface area (Å²) in [4.78, 5) is 23.6. The maximum atomic E-state index is 11.5. The van der Waals surface area contributed by atoms with E-state index in [0.717, 1.165) is 0 Å². The summed E-state index contributed by atoms with van der Waals surface area (Å²) in [5.41, 5.74) is 0. The smallest absolute Gasteiger partial charge is 0.303 e. The molecular weight excluding hydrogens is 198 g/mol. The molecule has 1 heterocycles. The summed E-state index contributed by atoms with van der Waals surface area (Å²) in [6, 6.07) is 0. The summed E-state index contributed by atoms with van der Waals surface area (Å²) >= 11 is 0. The number of carboxylic acids is 1. The van der Waals surface area contributed by atoms with Gasteiger partial charge in [-0.25, -0.2) is 0 Å². The minimum Gasteiger partial charge on any atom is -0.481 e. The fourth-order valence-corrected chi connectivity index (χ4v) is 1.79. The van der Waals surface area contributed by atoms with E-state index in [9.17, 15) is 9.59 Å². The molecule has 0 radical (unpaired) electrons. The Hall–Kier alpha value is -1.10. The summed E-state index contributed by atoms with van der Waals surface area (Å²) in [5, 5.41) is 8.53. The molecule has 0 aliphatic carbocycles. The zero-order valence-corrected chi connectivity index (χ0v) is 8.94. The molecule has 1 amide bonds. The molecule has 1 atom stereocenters. The molecular formula is C10H17NO4.